The van der Waals surface area contributed by atoms with Gasteiger partial charge in [0.2, 0.25) is 6.79 Å². The van der Waals surface area contributed by atoms with Crippen molar-refractivity contribution in [2.24, 2.45) is 0 Å². The average molecular weight is 380 g/mol. The van der Waals surface area contributed by atoms with Crippen molar-refractivity contribution in [2.45, 2.75) is 0 Å². The predicted octanol–water partition coefficient (Wildman–Crippen LogP) is 3.24. The Bertz CT molecular complexity index is 1070. The van der Waals surface area contributed by atoms with Crippen LogP contribution in [-0.4, -0.2) is 29.4 Å². The molecule has 6 nitrogen and oxygen atoms in total. The van der Waals surface area contributed by atoms with Crippen LogP contribution in [0.1, 0.15) is 16.1 Å². The number of fused-ring (bicyclic) bond motifs is 1. The third-order valence-corrected chi connectivity index (χ3v) is 4.25. The summed E-state index contributed by atoms with van der Waals surface area (Å²) < 4.78 is 10.7. The van der Waals surface area contributed by atoms with Gasteiger partial charge in [-0.05, 0) is 36.4 Å². The molecule has 0 aliphatic carbocycles. The van der Waals surface area contributed by atoms with E-state index in [4.69, 9.17) is 21.1 Å². The van der Waals surface area contributed by atoms with Gasteiger partial charge in [0, 0.05) is 11.1 Å². The van der Waals surface area contributed by atoms with Gasteiger partial charge >= 0.3 is 0 Å². The minimum atomic E-state index is -0.289. The van der Waals surface area contributed by atoms with Crippen molar-refractivity contribution < 1.29 is 14.3 Å². The summed E-state index contributed by atoms with van der Waals surface area (Å²) in [5, 5.41) is 10.2. The van der Waals surface area contributed by atoms with E-state index in [1.165, 1.54) is 0 Å². The lowest BCUT2D eigenvalue weighted by Crippen LogP contribution is -2.23. The lowest BCUT2D eigenvalue weighted by molar-refractivity contribution is 0.0953. The molecule has 2 N–H and O–H groups in total. The number of aromatic nitrogens is 2. The van der Waals surface area contributed by atoms with E-state index in [2.05, 4.69) is 27.4 Å². The lowest BCUT2D eigenvalue weighted by atomic mass is 10.1. The van der Waals surface area contributed by atoms with E-state index >= 15 is 0 Å². The highest BCUT2D eigenvalue weighted by Gasteiger charge is 2.16. The van der Waals surface area contributed by atoms with Gasteiger partial charge in [-0.2, -0.15) is 5.10 Å². The first-order chi connectivity index (χ1) is 13.2. The van der Waals surface area contributed by atoms with Crippen LogP contribution in [0.15, 0.2) is 48.5 Å². The fourth-order valence-electron chi connectivity index (χ4n) is 2.56. The number of nitrogens with zero attached hydrogens (tertiary/aromatic N) is 1. The van der Waals surface area contributed by atoms with E-state index < -0.39 is 0 Å². The Kier molecular flexibility index (Phi) is 4.69. The van der Waals surface area contributed by atoms with Crippen molar-refractivity contribution >= 4 is 17.5 Å². The first-order valence-electron chi connectivity index (χ1n) is 8.18. The first-order valence-corrected chi connectivity index (χ1v) is 8.55. The Hall–Kier alpha value is -3.43. The quantitative estimate of drug-likeness (QED) is 0.685. The van der Waals surface area contributed by atoms with Crippen LogP contribution < -0.4 is 14.8 Å². The Morgan fingerprint density at radius 3 is 2.93 bits per heavy atom. The SMILES string of the molecule is O=C(NCC#Cc1ccccc1Cl)c1cc(-c2ccc3c(c2)OCO3)n[nH]1. The molecule has 0 fully saturated rings. The van der Waals surface area contributed by atoms with Crippen LogP contribution in [0.4, 0.5) is 0 Å². The first kappa shape index (κ1) is 17.0. The van der Waals surface area contributed by atoms with Gasteiger partial charge in [0.15, 0.2) is 11.5 Å². The van der Waals surface area contributed by atoms with Gasteiger partial charge in [0.1, 0.15) is 5.69 Å². The molecule has 4 rings (SSSR count). The molecular formula is C20H14ClN3O3. The number of aromatic amines is 1. The van der Waals surface area contributed by atoms with Crippen molar-refractivity contribution in [3.63, 3.8) is 0 Å². The van der Waals surface area contributed by atoms with Crippen LogP contribution in [-0.2, 0) is 0 Å². The predicted molar refractivity (Wildman–Crippen MR) is 101 cm³/mol. The van der Waals surface area contributed by atoms with Gasteiger partial charge in [0.25, 0.3) is 5.91 Å². The van der Waals surface area contributed by atoms with Gasteiger partial charge in [-0.3, -0.25) is 9.89 Å². The number of benzene rings is 2. The van der Waals surface area contributed by atoms with Crippen LogP contribution in [0, 0.1) is 11.8 Å². The Labute approximate surface area is 160 Å². The lowest BCUT2D eigenvalue weighted by Gasteiger charge is -1.99. The van der Waals surface area contributed by atoms with E-state index in [1.54, 1.807) is 12.1 Å². The van der Waals surface area contributed by atoms with E-state index in [-0.39, 0.29) is 19.2 Å². The smallest absolute Gasteiger partial charge is 0.270 e. The maximum Gasteiger partial charge on any atom is 0.270 e. The molecule has 134 valence electrons. The van der Waals surface area contributed by atoms with Crippen LogP contribution in [0.2, 0.25) is 5.02 Å². The second-order valence-corrected chi connectivity index (χ2v) is 6.11. The van der Waals surface area contributed by atoms with Crippen LogP contribution in [0.5, 0.6) is 11.5 Å². The van der Waals surface area contributed by atoms with Crippen molar-refractivity contribution in [3.05, 3.63) is 64.8 Å². The summed E-state index contributed by atoms with van der Waals surface area (Å²) in [7, 11) is 0. The molecule has 0 bridgehead atoms. The van der Waals surface area contributed by atoms with E-state index in [0.29, 0.717) is 27.9 Å². The number of nitrogens with one attached hydrogen (secondary N) is 2. The Morgan fingerprint density at radius 1 is 1.19 bits per heavy atom. The Morgan fingerprint density at radius 2 is 2.04 bits per heavy atom. The van der Waals surface area contributed by atoms with Crippen molar-refractivity contribution in [3.8, 4) is 34.6 Å². The fourth-order valence-corrected chi connectivity index (χ4v) is 2.75. The molecule has 0 spiro atoms. The van der Waals surface area contributed by atoms with Crippen LogP contribution in [0.25, 0.3) is 11.3 Å². The fraction of sp³-hybridized carbons (Fsp3) is 0.100. The number of amides is 1. The number of H-pyrrole nitrogens is 1. The molecule has 0 radical (unpaired) electrons. The summed E-state index contributed by atoms with van der Waals surface area (Å²) in [6.45, 7) is 0.407. The zero-order valence-corrected chi connectivity index (χ0v) is 14.8. The molecule has 1 aromatic heterocycles. The molecule has 27 heavy (non-hydrogen) atoms. The number of ether oxygens (including phenoxy) is 2. The van der Waals surface area contributed by atoms with Crippen LogP contribution >= 0.6 is 11.6 Å². The highest BCUT2D eigenvalue weighted by molar-refractivity contribution is 6.31. The number of carbonyl (C=O) groups excluding carboxylic acids is 1. The highest BCUT2D eigenvalue weighted by Crippen LogP contribution is 2.35. The molecule has 1 aliphatic heterocycles. The molecule has 2 heterocycles. The van der Waals surface area contributed by atoms with Gasteiger partial charge in [0.05, 0.1) is 17.3 Å². The zero-order valence-electron chi connectivity index (χ0n) is 14.1. The van der Waals surface area contributed by atoms with Crippen molar-refractivity contribution in [1.29, 1.82) is 0 Å². The molecule has 0 unspecified atom stereocenters. The maximum absolute atomic E-state index is 12.2. The van der Waals surface area contributed by atoms with Crippen LogP contribution in [0.3, 0.4) is 0 Å². The van der Waals surface area contributed by atoms with Gasteiger partial charge in [-0.15, -0.1) is 0 Å². The standard InChI is InChI=1S/C20H14ClN3O3/c21-15-6-2-1-4-13(15)5-3-9-22-20(25)17-11-16(23-24-17)14-7-8-18-19(10-14)27-12-26-18/h1-2,4,6-8,10-11H,9,12H2,(H,22,25)(H,23,24). The monoisotopic (exact) mass is 379 g/mol. The summed E-state index contributed by atoms with van der Waals surface area (Å²) in [6.07, 6.45) is 0. The number of hydrogen-bond acceptors (Lipinski definition) is 4. The molecule has 0 saturated heterocycles. The summed E-state index contributed by atoms with van der Waals surface area (Å²) in [5.41, 5.74) is 2.54. The van der Waals surface area contributed by atoms with Gasteiger partial charge < -0.3 is 14.8 Å². The largest absolute Gasteiger partial charge is 0.454 e. The molecule has 2 aromatic carbocycles. The minimum Gasteiger partial charge on any atom is -0.454 e. The van der Waals surface area contributed by atoms with Gasteiger partial charge in [-0.1, -0.05) is 35.6 Å². The second-order valence-electron chi connectivity index (χ2n) is 5.70. The van der Waals surface area contributed by atoms with Crippen molar-refractivity contribution in [1.82, 2.24) is 15.5 Å². The average Bonchev–Trinajstić information content (AvgIpc) is 3.35. The minimum absolute atomic E-state index is 0.197. The topological polar surface area (TPSA) is 76.2 Å². The van der Waals surface area contributed by atoms with Gasteiger partial charge in [-0.25, -0.2) is 0 Å². The molecule has 0 atom stereocenters. The number of carbonyl (C=O) groups is 1. The zero-order chi connectivity index (χ0) is 18.6. The summed E-state index contributed by atoms with van der Waals surface area (Å²) >= 11 is 6.04. The van der Waals surface area contributed by atoms with Crippen molar-refractivity contribution in [2.75, 3.05) is 13.3 Å². The number of halogens is 1. The normalized spacial score (nSPS) is 11.6. The molecule has 1 aliphatic rings. The molecule has 0 saturated carbocycles. The van der Waals surface area contributed by atoms with E-state index in [1.807, 2.05) is 36.4 Å². The highest BCUT2D eigenvalue weighted by atomic mass is 35.5. The summed E-state index contributed by atoms with van der Waals surface area (Å²) in [6, 6.07) is 14.5. The molecule has 7 heteroatoms. The molecule has 1 amide bonds. The van der Waals surface area contributed by atoms with E-state index in [0.717, 1.165) is 11.1 Å². The molecule has 3 aromatic rings. The maximum atomic E-state index is 12.2. The second kappa shape index (κ2) is 7.44. The van der Waals surface area contributed by atoms with E-state index in [9.17, 15) is 4.79 Å². The molecular weight excluding hydrogens is 366 g/mol. The summed E-state index contributed by atoms with van der Waals surface area (Å²) in [5.74, 6) is 6.88. The summed E-state index contributed by atoms with van der Waals surface area (Å²) in [4.78, 5) is 12.2. The number of hydrogen-bond donors (Lipinski definition) is 2. The third kappa shape index (κ3) is 3.73. The Balaban J connectivity index is 1.40. The number of rotatable bonds is 3. The third-order valence-electron chi connectivity index (χ3n) is 3.93.